The molecule has 0 aliphatic heterocycles. The molecule has 0 saturated heterocycles. The maximum absolute atomic E-state index is 11.5. The first-order chi connectivity index (χ1) is 14.0. The van der Waals surface area contributed by atoms with E-state index in [9.17, 15) is 9.90 Å². The van der Waals surface area contributed by atoms with Gasteiger partial charge in [-0.05, 0) is 36.1 Å². The molecular formula is C24H25N3O2. The second kappa shape index (κ2) is 9.20. The minimum Gasteiger partial charge on any atom is -0.478 e. The van der Waals surface area contributed by atoms with Crippen molar-refractivity contribution in [3.8, 4) is 23.0 Å². The Morgan fingerprint density at radius 1 is 1.17 bits per heavy atom. The van der Waals surface area contributed by atoms with Gasteiger partial charge in [0.1, 0.15) is 12.4 Å². The molecule has 0 amide bonds. The molecule has 0 radical (unpaired) electrons. The lowest BCUT2D eigenvalue weighted by Crippen LogP contribution is -2.05. The third kappa shape index (κ3) is 4.72. The van der Waals surface area contributed by atoms with Crippen molar-refractivity contribution in [1.82, 2.24) is 14.8 Å². The number of benzene rings is 2. The van der Waals surface area contributed by atoms with Gasteiger partial charge in [0.2, 0.25) is 0 Å². The number of carboxylic acids is 1. The van der Waals surface area contributed by atoms with Crippen molar-refractivity contribution >= 4 is 5.97 Å². The molecule has 1 aromatic heterocycles. The van der Waals surface area contributed by atoms with Gasteiger partial charge in [0.25, 0.3) is 0 Å². The number of carbonyl (C=O) groups is 1. The third-order valence-corrected chi connectivity index (χ3v) is 5.01. The van der Waals surface area contributed by atoms with Gasteiger partial charge < -0.3 is 5.11 Å². The molecule has 5 heteroatoms. The van der Waals surface area contributed by atoms with E-state index >= 15 is 0 Å². The largest absolute Gasteiger partial charge is 0.478 e. The van der Waals surface area contributed by atoms with Gasteiger partial charge in [-0.15, -0.1) is 5.92 Å². The number of hydrogen-bond acceptors (Lipinski definition) is 3. The molecule has 2 aromatic carbocycles. The van der Waals surface area contributed by atoms with Crippen LogP contribution in [-0.2, 0) is 13.0 Å². The molecule has 3 rings (SSSR count). The van der Waals surface area contributed by atoms with Crippen molar-refractivity contribution < 1.29 is 9.90 Å². The molecule has 29 heavy (non-hydrogen) atoms. The normalized spacial score (nSPS) is 11.6. The highest BCUT2D eigenvalue weighted by Crippen LogP contribution is 2.25. The maximum atomic E-state index is 11.5. The van der Waals surface area contributed by atoms with Gasteiger partial charge in [0.15, 0.2) is 5.82 Å². The van der Waals surface area contributed by atoms with E-state index in [1.54, 1.807) is 12.1 Å². The summed E-state index contributed by atoms with van der Waals surface area (Å²) in [7, 11) is 0. The number of hydrogen-bond donors (Lipinski definition) is 1. The third-order valence-electron chi connectivity index (χ3n) is 5.01. The zero-order chi connectivity index (χ0) is 20.8. The highest BCUT2D eigenvalue weighted by atomic mass is 16.4. The predicted molar refractivity (Wildman–Crippen MR) is 114 cm³/mol. The first-order valence-corrected chi connectivity index (χ1v) is 9.78. The Kier molecular flexibility index (Phi) is 6.46. The van der Waals surface area contributed by atoms with E-state index in [2.05, 4.69) is 30.8 Å². The molecule has 1 unspecified atom stereocenters. The van der Waals surface area contributed by atoms with Crippen LogP contribution in [0.2, 0.25) is 0 Å². The smallest absolute Gasteiger partial charge is 0.336 e. The Morgan fingerprint density at radius 2 is 1.90 bits per heavy atom. The summed E-state index contributed by atoms with van der Waals surface area (Å²) in [5, 5.41) is 14.1. The van der Waals surface area contributed by atoms with Crippen molar-refractivity contribution in [2.45, 2.75) is 46.1 Å². The highest BCUT2D eigenvalue weighted by molar-refractivity contribution is 5.95. The van der Waals surface area contributed by atoms with Gasteiger partial charge in [-0.1, -0.05) is 62.2 Å². The Bertz CT molecular complexity index is 1060. The predicted octanol–water partition coefficient (Wildman–Crippen LogP) is 4.77. The monoisotopic (exact) mass is 387 g/mol. The molecule has 0 aliphatic carbocycles. The van der Waals surface area contributed by atoms with E-state index in [4.69, 9.17) is 4.98 Å². The van der Waals surface area contributed by atoms with Crippen LogP contribution in [0.25, 0.3) is 11.1 Å². The Hall–Kier alpha value is -3.39. The van der Waals surface area contributed by atoms with Crippen LogP contribution in [0.1, 0.15) is 60.7 Å². The quantitative estimate of drug-likeness (QED) is 0.593. The fraction of sp³-hybridized carbons (Fsp3) is 0.292. The summed E-state index contributed by atoms with van der Waals surface area (Å²) in [4.78, 5) is 16.2. The van der Waals surface area contributed by atoms with Gasteiger partial charge in [0.05, 0.1) is 5.56 Å². The van der Waals surface area contributed by atoms with E-state index in [0.717, 1.165) is 29.2 Å². The molecule has 1 heterocycles. The molecule has 0 bridgehead atoms. The molecule has 1 N–H and O–H groups in total. The topological polar surface area (TPSA) is 68.0 Å². The highest BCUT2D eigenvalue weighted by Gasteiger charge is 2.15. The Labute approximate surface area is 171 Å². The van der Waals surface area contributed by atoms with Crippen LogP contribution in [0.15, 0.2) is 48.5 Å². The zero-order valence-electron chi connectivity index (χ0n) is 17.0. The molecule has 0 spiro atoms. The van der Waals surface area contributed by atoms with E-state index < -0.39 is 5.97 Å². The summed E-state index contributed by atoms with van der Waals surface area (Å²) in [5.41, 5.74) is 2.99. The van der Waals surface area contributed by atoms with E-state index in [-0.39, 0.29) is 0 Å². The number of aromatic carboxylic acids is 1. The minimum atomic E-state index is -0.924. The average molecular weight is 387 g/mol. The number of rotatable bonds is 7. The van der Waals surface area contributed by atoms with Gasteiger partial charge >= 0.3 is 5.97 Å². The molecule has 0 saturated carbocycles. The molecule has 5 nitrogen and oxygen atoms in total. The lowest BCUT2D eigenvalue weighted by Gasteiger charge is -2.08. The summed E-state index contributed by atoms with van der Waals surface area (Å²) in [6.45, 7) is 6.60. The second-order valence-electron chi connectivity index (χ2n) is 7.00. The van der Waals surface area contributed by atoms with Crippen molar-refractivity contribution in [3.05, 3.63) is 71.3 Å². The number of nitrogens with zero attached hydrogens (tertiary/aromatic N) is 3. The fourth-order valence-electron chi connectivity index (χ4n) is 3.10. The first kappa shape index (κ1) is 20.3. The van der Waals surface area contributed by atoms with Crippen LogP contribution < -0.4 is 0 Å². The standard InChI is InChI=1S/C24H25N3O2/c1-4-6-15-27-22(25-23(26-27)17(3)5-2)16-18-11-13-19(14-12-18)20-9-7-8-10-21(20)24(28)29/h7-14,17H,5,15-16H2,1-3H3,(H,28,29). The minimum absolute atomic E-state index is 0.302. The Balaban J connectivity index is 1.87. The summed E-state index contributed by atoms with van der Waals surface area (Å²) in [6.07, 6.45) is 1.64. The van der Waals surface area contributed by atoms with E-state index in [1.165, 1.54) is 0 Å². The molecule has 148 valence electrons. The summed E-state index contributed by atoms with van der Waals surface area (Å²) >= 11 is 0. The lowest BCUT2D eigenvalue weighted by molar-refractivity contribution is 0.0697. The second-order valence-corrected chi connectivity index (χ2v) is 7.00. The molecule has 0 fully saturated rings. The van der Waals surface area contributed by atoms with Gasteiger partial charge in [-0.25, -0.2) is 14.5 Å². The van der Waals surface area contributed by atoms with Gasteiger partial charge in [-0.2, -0.15) is 5.10 Å². The average Bonchev–Trinajstić information content (AvgIpc) is 3.14. The van der Waals surface area contributed by atoms with Crippen LogP contribution >= 0.6 is 0 Å². The van der Waals surface area contributed by atoms with Crippen molar-refractivity contribution in [3.63, 3.8) is 0 Å². The lowest BCUT2D eigenvalue weighted by atomic mass is 9.98. The van der Waals surface area contributed by atoms with Gasteiger partial charge in [-0.3, -0.25) is 0 Å². The van der Waals surface area contributed by atoms with Crippen LogP contribution in [-0.4, -0.2) is 25.8 Å². The summed E-state index contributed by atoms with van der Waals surface area (Å²) in [5.74, 6) is 7.10. The van der Waals surface area contributed by atoms with Crippen LogP contribution in [0.4, 0.5) is 0 Å². The molecule has 3 aromatic rings. The Morgan fingerprint density at radius 3 is 2.55 bits per heavy atom. The van der Waals surface area contributed by atoms with Crippen molar-refractivity contribution in [2.24, 2.45) is 0 Å². The maximum Gasteiger partial charge on any atom is 0.336 e. The van der Waals surface area contributed by atoms with Gasteiger partial charge in [0, 0.05) is 12.3 Å². The van der Waals surface area contributed by atoms with Crippen LogP contribution in [0.5, 0.6) is 0 Å². The SMILES string of the molecule is CC#CCn1nc(C(C)CC)nc1Cc1ccc(-c2ccccc2C(=O)O)cc1. The van der Waals surface area contributed by atoms with E-state index in [0.29, 0.717) is 30.0 Å². The van der Waals surface area contributed by atoms with Crippen molar-refractivity contribution in [2.75, 3.05) is 0 Å². The zero-order valence-corrected chi connectivity index (χ0v) is 17.0. The molecule has 0 aliphatic rings. The van der Waals surface area contributed by atoms with Crippen LogP contribution in [0, 0.1) is 11.8 Å². The first-order valence-electron chi connectivity index (χ1n) is 9.78. The fourth-order valence-corrected chi connectivity index (χ4v) is 3.10. The van der Waals surface area contributed by atoms with Crippen LogP contribution in [0.3, 0.4) is 0 Å². The van der Waals surface area contributed by atoms with E-state index in [1.807, 2.05) is 48.0 Å². The van der Waals surface area contributed by atoms with Crippen molar-refractivity contribution in [1.29, 1.82) is 0 Å². The summed E-state index contributed by atoms with van der Waals surface area (Å²) in [6, 6.07) is 15.0. The molecule has 1 atom stereocenters. The molecular weight excluding hydrogens is 362 g/mol. The number of carboxylic acid groups (broad SMARTS) is 1. The summed E-state index contributed by atoms with van der Waals surface area (Å²) < 4.78 is 1.88. The number of aromatic nitrogens is 3.